The molecule has 2 atom stereocenters. The summed E-state index contributed by atoms with van der Waals surface area (Å²) >= 11 is 6.14. The summed E-state index contributed by atoms with van der Waals surface area (Å²) in [6, 6.07) is 7.45. The fourth-order valence-corrected chi connectivity index (χ4v) is 3.64. The van der Waals surface area contributed by atoms with Gasteiger partial charge in [0, 0.05) is 49.1 Å². The van der Waals surface area contributed by atoms with Crippen molar-refractivity contribution in [2.45, 2.75) is 25.0 Å². The molecule has 1 aromatic carbocycles. The van der Waals surface area contributed by atoms with Crippen LogP contribution in [-0.2, 0) is 6.54 Å². The number of nitrogens with zero attached hydrogens (tertiary/aromatic N) is 4. The Morgan fingerprint density at radius 2 is 1.91 bits per heavy atom. The SMILES string of the molecule is Fc1ccc(CN2C3CC2CN(c2ncccn2)C3)c(Cl)c1. The third kappa shape index (κ3) is 2.44. The molecule has 1 aromatic heterocycles. The molecule has 6 heteroatoms. The zero-order chi connectivity index (χ0) is 15.1. The quantitative estimate of drug-likeness (QED) is 0.871. The molecule has 3 saturated heterocycles. The summed E-state index contributed by atoms with van der Waals surface area (Å²) in [5, 5.41) is 0.508. The molecule has 3 fully saturated rings. The Morgan fingerprint density at radius 3 is 2.59 bits per heavy atom. The summed E-state index contributed by atoms with van der Waals surface area (Å²) in [4.78, 5) is 13.3. The Bertz CT molecular complexity index is 669. The molecule has 3 aliphatic heterocycles. The van der Waals surface area contributed by atoms with Crippen molar-refractivity contribution in [2.75, 3.05) is 18.0 Å². The van der Waals surface area contributed by atoms with Crippen LogP contribution in [0.3, 0.4) is 0 Å². The molecule has 2 bridgehead atoms. The van der Waals surface area contributed by atoms with E-state index in [4.69, 9.17) is 11.6 Å². The van der Waals surface area contributed by atoms with Gasteiger partial charge >= 0.3 is 0 Å². The summed E-state index contributed by atoms with van der Waals surface area (Å²) in [6.45, 7) is 2.64. The fraction of sp³-hybridized carbons (Fsp3) is 0.375. The first-order chi connectivity index (χ1) is 10.7. The molecule has 2 unspecified atom stereocenters. The molecule has 22 heavy (non-hydrogen) atoms. The zero-order valence-corrected chi connectivity index (χ0v) is 12.7. The van der Waals surface area contributed by atoms with Crippen molar-refractivity contribution in [3.8, 4) is 0 Å². The van der Waals surface area contributed by atoms with E-state index >= 15 is 0 Å². The highest BCUT2D eigenvalue weighted by Gasteiger charge is 2.45. The van der Waals surface area contributed by atoms with Crippen molar-refractivity contribution in [3.05, 3.63) is 53.1 Å². The summed E-state index contributed by atoms with van der Waals surface area (Å²) in [5.74, 6) is 0.515. The van der Waals surface area contributed by atoms with Crippen LogP contribution in [0.25, 0.3) is 0 Å². The number of fused-ring (bicyclic) bond motifs is 2. The van der Waals surface area contributed by atoms with Crippen molar-refractivity contribution >= 4 is 17.5 Å². The van der Waals surface area contributed by atoms with Gasteiger partial charge in [0.15, 0.2) is 0 Å². The standard InChI is InChI=1S/C16H16ClFN4/c17-15-6-12(18)3-2-11(15)8-22-13-7-14(22)10-21(9-13)16-19-4-1-5-20-16/h1-6,13-14H,7-10H2. The lowest BCUT2D eigenvalue weighted by Gasteiger charge is -2.56. The van der Waals surface area contributed by atoms with Crippen LogP contribution >= 0.6 is 11.6 Å². The number of benzene rings is 1. The lowest BCUT2D eigenvalue weighted by Crippen LogP contribution is -2.68. The molecule has 0 amide bonds. The number of halogens is 2. The van der Waals surface area contributed by atoms with Gasteiger partial charge in [-0.05, 0) is 30.2 Å². The average Bonchev–Trinajstić information content (AvgIpc) is 2.55. The maximum Gasteiger partial charge on any atom is 0.225 e. The smallest absolute Gasteiger partial charge is 0.225 e. The van der Waals surface area contributed by atoms with Gasteiger partial charge in [-0.15, -0.1) is 0 Å². The van der Waals surface area contributed by atoms with Gasteiger partial charge in [-0.3, -0.25) is 4.90 Å². The van der Waals surface area contributed by atoms with Crippen LogP contribution in [0.1, 0.15) is 12.0 Å². The normalized spacial score (nSPS) is 24.2. The minimum Gasteiger partial charge on any atom is -0.338 e. The van der Waals surface area contributed by atoms with E-state index in [1.54, 1.807) is 18.5 Å². The van der Waals surface area contributed by atoms with Crippen molar-refractivity contribution in [1.29, 1.82) is 0 Å². The molecule has 4 nitrogen and oxygen atoms in total. The third-order valence-electron chi connectivity index (χ3n) is 4.55. The van der Waals surface area contributed by atoms with Crippen LogP contribution in [-0.4, -0.2) is 40.0 Å². The minimum absolute atomic E-state index is 0.287. The monoisotopic (exact) mass is 318 g/mol. The number of piperazine rings is 1. The lowest BCUT2D eigenvalue weighted by atomic mass is 9.87. The molecule has 2 aromatic rings. The molecule has 0 spiro atoms. The third-order valence-corrected chi connectivity index (χ3v) is 4.90. The second-order valence-corrected chi connectivity index (χ2v) is 6.31. The van der Waals surface area contributed by atoms with Crippen LogP contribution in [0.4, 0.5) is 10.3 Å². The molecule has 0 saturated carbocycles. The van der Waals surface area contributed by atoms with Gasteiger partial charge in [-0.1, -0.05) is 17.7 Å². The Balaban J connectivity index is 1.45. The Morgan fingerprint density at radius 1 is 1.18 bits per heavy atom. The Hall–Kier alpha value is -1.72. The van der Waals surface area contributed by atoms with E-state index in [9.17, 15) is 4.39 Å². The predicted molar refractivity (Wildman–Crippen MR) is 83.4 cm³/mol. The highest BCUT2D eigenvalue weighted by molar-refractivity contribution is 6.31. The molecule has 5 rings (SSSR count). The highest BCUT2D eigenvalue weighted by atomic mass is 35.5. The van der Waals surface area contributed by atoms with Gasteiger partial charge in [0.2, 0.25) is 5.95 Å². The minimum atomic E-state index is -0.287. The number of hydrogen-bond acceptors (Lipinski definition) is 4. The van der Waals surface area contributed by atoms with Crippen molar-refractivity contribution < 1.29 is 4.39 Å². The van der Waals surface area contributed by atoms with Gasteiger partial charge in [0.05, 0.1) is 0 Å². The summed E-state index contributed by atoms with van der Waals surface area (Å²) < 4.78 is 13.1. The maximum absolute atomic E-state index is 13.1. The van der Waals surface area contributed by atoms with E-state index in [0.717, 1.165) is 31.1 Å². The van der Waals surface area contributed by atoms with Gasteiger partial charge in [-0.2, -0.15) is 0 Å². The highest BCUT2D eigenvalue weighted by Crippen LogP contribution is 2.35. The lowest BCUT2D eigenvalue weighted by molar-refractivity contribution is -0.00894. The number of aromatic nitrogens is 2. The van der Waals surface area contributed by atoms with E-state index in [1.807, 2.05) is 6.07 Å². The van der Waals surface area contributed by atoms with Crippen LogP contribution < -0.4 is 4.90 Å². The van der Waals surface area contributed by atoms with E-state index in [1.165, 1.54) is 18.6 Å². The number of rotatable bonds is 3. The van der Waals surface area contributed by atoms with Crippen molar-refractivity contribution in [1.82, 2.24) is 14.9 Å². The molecule has 0 N–H and O–H groups in total. The molecule has 0 aliphatic carbocycles. The largest absolute Gasteiger partial charge is 0.338 e. The van der Waals surface area contributed by atoms with Gasteiger partial charge < -0.3 is 4.90 Å². The van der Waals surface area contributed by atoms with Gasteiger partial charge in [0.1, 0.15) is 5.82 Å². The first-order valence-corrected chi connectivity index (χ1v) is 7.80. The van der Waals surface area contributed by atoms with Crippen molar-refractivity contribution in [3.63, 3.8) is 0 Å². The van der Waals surface area contributed by atoms with E-state index < -0.39 is 0 Å². The predicted octanol–water partition coefficient (Wildman–Crippen LogP) is 2.73. The molecule has 4 heterocycles. The number of piperidine rings is 1. The van der Waals surface area contributed by atoms with Crippen LogP contribution in [0.5, 0.6) is 0 Å². The Labute approximate surface area is 133 Å². The molecule has 114 valence electrons. The molecular weight excluding hydrogens is 303 g/mol. The van der Waals surface area contributed by atoms with Crippen molar-refractivity contribution in [2.24, 2.45) is 0 Å². The average molecular weight is 319 g/mol. The first kappa shape index (κ1) is 13.9. The first-order valence-electron chi connectivity index (χ1n) is 7.42. The van der Waals surface area contributed by atoms with Crippen LogP contribution in [0, 0.1) is 5.82 Å². The summed E-state index contributed by atoms with van der Waals surface area (Å²) in [7, 11) is 0. The topological polar surface area (TPSA) is 32.3 Å². The number of hydrogen-bond donors (Lipinski definition) is 0. The van der Waals surface area contributed by atoms with Crippen LogP contribution in [0.2, 0.25) is 5.02 Å². The van der Waals surface area contributed by atoms with Gasteiger partial charge in [0.25, 0.3) is 0 Å². The second-order valence-electron chi connectivity index (χ2n) is 5.91. The molecular formula is C16H16ClFN4. The van der Waals surface area contributed by atoms with E-state index in [0.29, 0.717) is 17.1 Å². The fourth-order valence-electron chi connectivity index (χ4n) is 3.41. The Kier molecular flexibility index (Phi) is 3.47. The summed E-state index contributed by atoms with van der Waals surface area (Å²) in [6.07, 6.45) is 4.75. The van der Waals surface area contributed by atoms with Crippen LogP contribution in [0.15, 0.2) is 36.7 Å². The summed E-state index contributed by atoms with van der Waals surface area (Å²) in [5.41, 5.74) is 0.988. The van der Waals surface area contributed by atoms with Gasteiger partial charge in [-0.25, -0.2) is 14.4 Å². The maximum atomic E-state index is 13.1. The zero-order valence-electron chi connectivity index (χ0n) is 12.0. The molecule has 3 aliphatic rings. The van der Waals surface area contributed by atoms with E-state index in [-0.39, 0.29) is 5.82 Å². The molecule has 0 radical (unpaired) electrons. The van der Waals surface area contributed by atoms with E-state index in [2.05, 4.69) is 19.8 Å². The number of anilines is 1. The second kappa shape index (κ2) is 5.48.